The molecule has 0 saturated heterocycles. The molecule has 0 radical (unpaired) electrons. The zero-order chi connectivity index (χ0) is 9.47. The molecule has 1 aromatic carbocycles. The number of fused-ring (bicyclic) bond motifs is 1. The molecule has 0 N–H and O–H groups in total. The summed E-state index contributed by atoms with van der Waals surface area (Å²) in [4.78, 5) is 0. The van der Waals surface area contributed by atoms with E-state index in [0.29, 0.717) is 5.41 Å². The number of hydrogen-bond donors (Lipinski definition) is 0. The molecule has 2 rings (SSSR count). The predicted molar refractivity (Wildman–Crippen MR) is 63.9 cm³/mol. The van der Waals surface area contributed by atoms with Crippen LogP contribution < -0.4 is 0 Å². The highest BCUT2D eigenvalue weighted by molar-refractivity contribution is 5.37. The molecule has 0 amide bonds. The molecule has 0 heteroatoms. The van der Waals surface area contributed by atoms with Crippen LogP contribution >= 0.6 is 0 Å². The number of aryl methyl sites for hydroxylation is 2. The van der Waals surface area contributed by atoms with E-state index in [0.717, 1.165) is 0 Å². The fraction of sp³-hybridized carbons (Fsp3) is 0.571. The summed E-state index contributed by atoms with van der Waals surface area (Å²) in [6.07, 6.45) is 3.93. The van der Waals surface area contributed by atoms with Crippen molar-refractivity contribution in [3.8, 4) is 0 Å². The lowest BCUT2D eigenvalue weighted by Gasteiger charge is -2.19. The Morgan fingerprint density at radius 2 is 1.64 bits per heavy atom. The summed E-state index contributed by atoms with van der Waals surface area (Å²) in [5, 5.41) is 0. The van der Waals surface area contributed by atoms with Gasteiger partial charge in [-0.3, -0.25) is 0 Å². The standard InChI is InChI=1S/C13H18.CH4/c1-13(2,3)12-8-7-10-5-4-6-11(10)9-12;/h7-9H,4-6H2,1-3H3;1H4. The maximum atomic E-state index is 2.41. The first-order valence-electron chi connectivity index (χ1n) is 5.20. The van der Waals surface area contributed by atoms with Gasteiger partial charge in [0.1, 0.15) is 0 Å². The summed E-state index contributed by atoms with van der Waals surface area (Å²) in [7, 11) is 0. The number of benzene rings is 1. The van der Waals surface area contributed by atoms with E-state index in [4.69, 9.17) is 0 Å². The second kappa shape index (κ2) is 3.76. The molecule has 0 spiro atoms. The molecule has 1 aliphatic carbocycles. The summed E-state index contributed by atoms with van der Waals surface area (Å²) in [5.74, 6) is 0. The van der Waals surface area contributed by atoms with Gasteiger partial charge in [-0.25, -0.2) is 0 Å². The Kier molecular flexibility index (Phi) is 3.04. The van der Waals surface area contributed by atoms with Crippen molar-refractivity contribution in [2.75, 3.05) is 0 Å². The van der Waals surface area contributed by atoms with E-state index in [1.165, 1.54) is 24.8 Å². The summed E-state index contributed by atoms with van der Waals surface area (Å²) < 4.78 is 0. The maximum absolute atomic E-state index is 2.41. The van der Waals surface area contributed by atoms with Crippen LogP contribution in [0.3, 0.4) is 0 Å². The van der Waals surface area contributed by atoms with Gasteiger partial charge in [0.25, 0.3) is 0 Å². The van der Waals surface area contributed by atoms with Crippen LogP contribution in [0.5, 0.6) is 0 Å². The van der Waals surface area contributed by atoms with Crippen LogP contribution in [-0.4, -0.2) is 0 Å². The summed E-state index contributed by atoms with van der Waals surface area (Å²) >= 11 is 0. The Morgan fingerprint density at radius 3 is 2.29 bits per heavy atom. The fourth-order valence-corrected chi connectivity index (χ4v) is 2.04. The minimum absolute atomic E-state index is 0. The quantitative estimate of drug-likeness (QED) is 0.577. The zero-order valence-corrected chi connectivity index (χ0v) is 8.85. The van der Waals surface area contributed by atoms with Gasteiger partial charge in [-0.2, -0.15) is 0 Å². The van der Waals surface area contributed by atoms with E-state index in [9.17, 15) is 0 Å². The van der Waals surface area contributed by atoms with Crippen molar-refractivity contribution in [3.63, 3.8) is 0 Å². The van der Waals surface area contributed by atoms with Crippen LogP contribution in [-0.2, 0) is 18.3 Å². The predicted octanol–water partition coefficient (Wildman–Crippen LogP) is 4.11. The van der Waals surface area contributed by atoms with Crippen LogP contribution in [0.2, 0.25) is 0 Å². The zero-order valence-electron chi connectivity index (χ0n) is 8.85. The minimum Gasteiger partial charge on any atom is -0.0776 e. The van der Waals surface area contributed by atoms with Gasteiger partial charge in [-0.05, 0) is 41.4 Å². The lowest BCUT2D eigenvalue weighted by molar-refractivity contribution is 0.589. The third-order valence-corrected chi connectivity index (χ3v) is 2.96. The second-order valence-electron chi connectivity index (χ2n) is 5.09. The Balaban J connectivity index is 0.000000980. The molecule has 0 saturated carbocycles. The fourth-order valence-electron chi connectivity index (χ4n) is 2.04. The maximum Gasteiger partial charge on any atom is -0.0132 e. The largest absolute Gasteiger partial charge is 0.0776 e. The Morgan fingerprint density at radius 1 is 1.00 bits per heavy atom. The second-order valence-corrected chi connectivity index (χ2v) is 5.09. The van der Waals surface area contributed by atoms with Gasteiger partial charge in [0.05, 0.1) is 0 Å². The normalized spacial score (nSPS) is 14.8. The van der Waals surface area contributed by atoms with E-state index >= 15 is 0 Å². The van der Waals surface area contributed by atoms with Crippen molar-refractivity contribution in [2.45, 2.75) is 52.9 Å². The van der Waals surface area contributed by atoms with E-state index in [1.807, 2.05) is 0 Å². The average Bonchev–Trinajstić information content (AvgIpc) is 2.47. The minimum atomic E-state index is 0. The highest BCUT2D eigenvalue weighted by Gasteiger charge is 2.17. The molecule has 1 aliphatic rings. The van der Waals surface area contributed by atoms with Crippen LogP contribution in [0.1, 0.15) is 51.3 Å². The van der Waals surface area contributed by atoms with Gasteiger partial charge in [0.15, 0.2) is 0 Å². The van der Waals surface area contributed by atoms with Crippen molar-refractivity contribution >= 4 is 0 Å². The average molecular weight is 190 g/mol. The van der Waals surface area contributed by atoms with Crippen molar-refractivity contribution < 1.29 is 0 Å². The van der Waals surface area contributed by atoms with E-state index in [2.05, 4.69) is 39.0 Å². The van der Waals surface area contributed by atoms with Crippen molar-refractivity contribution in [1.29, 1.82) is 0 Å². The van der Waals surface area contributed by atoms with Crippen molar-refractivity contribution in [3.05, 3.63) is 34.9 Å². The van der Waals surface area contributed by atoms with Crippen LogP contribution in [0.4, 0.5) is 0 Å². The first-order valence-corrected chi connectivity index (χ1v) is 5.20. The molecule has 0 atom stereocenters. The van der Waals surface area contributed by atoms with Gasteiger partial charge in [0, 0.05) is 0 Å². The lowest BCUT2D eigenvalue weighted by atomic mass is 9.85. The summed E-state index contributed by atoms with van der Waals surface area (Å²) in [5.41, 5.74) is 4.95. The third-order valence-electron chi connectivity index (χ3n) is 2.96. The van der Waals surface area contributed by atoms with Gasteiger partial charge in [-0.15, -0.1) is 0 Å². The SMILES string of the molecule is C.CC(C)(C)c1ccc2c(c1)CCC2. The molecule has 78 valence electrons. The van der Waals surface area contributed by atoms with E-state index < -0.39 is 0 Å². The van der Waals surface area contributed by atoms with Crippen LogP contribution in [0.15, 0.2) is 18.2 Å². The Bertz CT molecular complexity index is 315. The third kappa shape index (κ3) is 2.00. The van der Waals surface area contributed by atoms with Gasteiger partial charge in [-0.1, -0.05) is 46.4 Å². The molecular formula is C14H22. The molecule has 0 heterocycles. The van der Waals surface area contributed by atoms with Gasteiger partial charge < -0.3 is 0 Å². The molecule has 14 heavy (non-hydrogen) atoms. The van der Waals surface area contributed by atoms with Crippen molar-refractivity contribution in [1.82, 2.24) is 0 Å². The smallest absolute Gasteiger partial charge is 0.0132 e. The highest BCUT2D eigenvalue weighted by Crippen LogP contribution is 2.28. The summed E-state index contributed by atoms with van der Waals surface area (Å²) in [6, 6.07) is 7.02. The number of rotatable bonds is 0. The molecule has 0 fully saturated rings. The monoisotopic (exact) mass is 190 g/mol. The first kappa shape index (κ1) is 11.3. The van der Waals surface area contributed by atoms with Crippen LogP contribution in [0.25, 0.3) is 0 Å². The van der Waals surface area contributed by atoms with Crippen molar-refractivity contribution in [2.24, 2.45) is 0 Å². The Labute approximate surface area is 88.4 Å². The Hall–Kier alpha value is -0.780. The molecule has 0 aromatic heterocycles. The van der Waals surface area contributed by atoms with E-state index in [1.54, 1.807) is 11.1 Å². The topological polar surface area (TPSA) is 0 Å². The summed E-state index contributed by atoms with van der Waals surface area (Å²) in [6.45, 7) is 6.84. The van der Waals surface area contributed by atoms with Gasteiger partial charge >= 0.3 is 0 Å². The number of hydrogen-bond acceptors (Lipinski definition) is 0. The molecule has 0 aliphatic heterocycles. The molecule has 0 bridgehead atoms. The lowest BCUT2D eigenvalue weighted by Crippen LogP contribution is -2.11. The molecule has 0 nitrogen and oxygen atoms in total. The van der Waals surface area contributed by atoms with E-state index in [-0.39, 0.29) is 7.43 Å². The first-order chi connectivity index (χ1) is 6.07. The molecule has 1 aromatic rings. The molecular weight excluding hydrogens is 168 g/mol. The highest BCUT2D eigenvalue weighted by atomic mass is 14.2. The van der Waals surface area contributed by atoms with Crippen LogP contribution in [0, 0.1) is 0 Å². The van der Waals surface area contributed by atoms with Gasteiger partial charge in [0.2, 0.25) is 0 Å². The molecule has 0 unspecified atom stereocenters.